The number of nitrogens with one attached hydrogen (secondary N) is 2. The number of methoxy groups -OCH3 is 1. The van der Waals surface area contributed by atoms with Gasteiger partial charge in [0.2, 0.25) is 0 Å². The lowest BCUT2D eigenvalue weighted by Gasteiger charge is -2.38. The number of carbonyl (C=O) groups is 3. The van der Waals surface area contributed by atoms with Crippen molar-refractivity contribution in [2.24, 2.45) is 5.41 Å². The van der Waals surface area contributed by atoms with Crippen LogP contribution in [-0.4, -0.2) is 55.8 Å². The highest BCUT2D eigenvalue weighted by atomic mass is 35.5. The summed E-state index contributed by atoms with van der Waals surface area (Å²) in [6, 6.07) is 14.0. The first-order valence-corrected chi connectivity index (χ1v) is 12.7. The SMILES string of the molecule is CCOC(=O)C(CCOC)(C(=O)OCC)[C@@H]1c2ccccc2C[C@H]1NC(=O)c1cc2cc(Cl)ccc2[nH]1. The molecule has 1 aromatic heterocycles. The van der Waals surface area contributed by atoms with Crippen LogP contribution in [-0.2, 0) is 30.2 Å². The lowest BCUT2D eigenvalue weighted by Crippen LogP contribution is -2.53. The molecular weight excluding hydrogens is 496 g/mol. The van der Waals surface area contributed by atoms with Crippen LogP contribution in [0.5, 0.6) is 0 Å². The zero-order chi connectivity index (χ0) is 26.6. The minimum Gasteiger partial charge on any atom is -0.465 e. The van der Waals surface area contributed by atoms with Crippen molar-refractivity contribution >= 4 is 40.3 Å². The van der Waals surface area contributed by atoms with Crippen molar-refractivity contribution in [3.8, 4) is 0 Å². The number of hydrogen-bond acceptors (Lipinski definition) is 6. The van der Waals surface area contributed by atoms with Gasteiger partial charge in [0.25, 0.3) is 5.91 Å². The number of esters is 2. The smallest absolute Gasteiger partial charge is 0.324 e. The number of hydrogen-bond donors (Lipinski definition) is 2. The Morgan fingerprint density at radius 2 is 1.76 bits per heavy atom. The number of benzene rings is 2. The minimum atomic E-state index is -1.71. The summed E-state index contributed by atoms with van der Waals surface area (Å²) in [5.41, 5.74) is 1.15. The van der Waals surface area contributed by atoms with Gasteiger partial charge in [0.15, 0.2) is 5.41 Å². The van der Waals surface area contributed by atoms with Crippen LogP contribution in [0.4, 0.5) is 0 Å². The third kappa shape index (κ3) is 5.08. The first-order chi connectivity index (χ1) is 17.8. The van der Waals surface area contributed by atoms with Crippen molar-refractivity contribution in [2.45, 2.75) is 38.6 Å². The lowest BCUT2D eigenvalue weighted by molar-refractivity contribution is -0.176. The van der Waals surface area contributed by atoms with E-state index in [1.807, 2.05) is 24.3 Å². The van der Waals surface area contributed by atoms with E-state index in [0.717, 1.165) is 22.0 Å². The zero-order valence-electron chi connectivity index (χ0n) is 21.1. The number of halogens is 1. The molecule has 2 atom stereocenters. The van der Waals surface area contributed by atoms with Crippen LogP contribution in [0.15, 0.2) is 48.5 Å². The summed E-state index contributed by atoms with van der Waals surface area (Å²) in [6.07, 6.45) is 0.476. The van der Waals surface area contributed by atoms with E-state index in [-0.39, 0.29) is 32.1 Å². The third-order valence-electron chi connectivity index (χ3n) is 6.89. The number of H-pyrrole nitrogens is 1. The van der Waals surface area contributed by atoms with Crippen LogP contribution in [0, 0.1) is 5.41 Å². The number of rotatable bonds is 10. The van der Waals surface area contributed by atoms with E-state index in [4.69, 9.17) is 25.8 Å². The van der Waals surface area contributed by atoms with E-state index < -0.39 is 29.3 Å². The van der Waals surface area contributed by atoms with Gasteiger partial charge in [-0.3, -0.25) is 14.4 Å². The highest BCUT2D eigenvalue weighted by Gasteiger charge is 2.59. The van der Waals surface area contributed by atoms with Gasteiger partial charge >= 0.3 is 11.9 Å². The van der Waals surface area contributed by atoms with Crippen LogP contribution in [0.25, 0.3) is 10.9 Å². The second kappa shape index (κ2) is 11.4. The van der Waals surface area contributed by atoms with Crippen molar-refractivity contribution in [3.05, 3.63) is 70.4 Å². The number of fused-ring (bicyclic) bond motifs is 2. The molecule has 0 fully saturated rings. The van der Waals surface area contributed by atoms with Gasteiger partial charge in [-0.2, -0.15) is 0 Å². The molecule has 4 rings (SSSR count). The quantitative estimate of drug-likeness (QED) is 0.299. The first-order valence-electron chi connectivity index (χ1n) is 12.4. The van der Waals surface area contributed by atoms with Crippen LogP contribution in [0.3, 0.4) is 0 Å². The molecule has 9 heteroatoms. The van der Waals surface area contributed by atoms with Gasteiger partial charge in [-0.25, -0.2) is 0 Å². The normalized spacial score (nSPS) is 16.9. The second-order valence-electron chi connectivity index (χ2n) is 9.03. The summed E-state index contributed by atoms with van der Waals surface area (Å²) in [6.45, 7) is 3.69. The summed E-state index contributed by atoms with van der Waals surface area (Å²) in [7, 11) is 1.51. The van der Waals surface area contributed by atoms with Crippen molar-refractivity contribution in [1.82, 2.24) is 10.3 Å². The van der Waals surface area contributed by atoms with E-state index in [1.54, 1.807) is 38.1 Å². The third-order valence-corrected chi connectivity index (χ3v) is 7.12. The number of ether oxygens (including phenoxy) is 3. The van der Waals surface area contributed by atoms with Crippen molar-refractivity contribution in [1.29, 1.82) is 0 Å². The molecule has 0 saturated heterocycles. The highest BCUT2D eigenvalue weighted by Crippen LogP contribution is 2.49. The predicted octanol–water partition coefficient (Wildman–Crippen LogP) is 4.41. The van der Waals surface area contributed by atoms with Gasteiger partial charge in [0, 0.05) is 41.6 Å². The molecule has 1 aliphatic carbocycles. The van der Waals surface area contributed by atoms with Gasteiger partial charge in [-0.1, -0.05) is 35.9 Å². The predicted molar refractivity (Wildman–Crippen MR) is 140 cm³/mol. The standard InChI is InChI=1S/C28H31ClN2O6/c1-4-36-26(33)28(12-13-35-3,27(34)37-5-2)24-20-9-7-6-8-17(20)15-22(24)31-25(32)23-16-18-14-19(29)10-11-21(18)30-23/h6-11,14,16,22,24,30H,4-5,12-13,15H2,1-3H3,(H,31,32)/t22-,24-/m1/s1. The second-order valence-corrected chi connectivity index (χ2v) is 9.47. The molecule has 0 bridgehead atoms. The number of carbonyl (C=O) groups excluding carboxylic acids is 3. The molecule has 0 radical (unpaired) electrons. The fourth-order valence-corrected chi connectivity index (χ4v) is 5.47. The Bertz CT molecular complexity index is 1280. The molecule has 0 saturated carbocycles. The largest absolute Gasteiger partial charge is 0.465 e. The fourth-order valence-electron chi connectivity index (χ4n) is 5.29. The summed E-state index contributed by atoms with van der Waals surface area (Å²) < 4.78 is 16.2. The van der Waals surface area contributed by atoms with Gasteiger partial charge in [-0.15, -0.1) is 0 Å². The van der Waals surface area contributed by atoms with E-state index in [1.165, 1.54) is 7.11 Å². The maximum Gasteiger partial charge on any atom is 0.324 e. The monoisotopic (exact) mass is 526 g/mol. The molecule has 8 nitrogen and oxygen atoms in total. The highest BCUT2D eigenvalue weighted by molar-refractivity contribution is 6.31. The summed E-state index contributed by atoms with van der Waals surface area (Å²) in [5.74, 6) is -2.46. The summed E-state index contributed by atoms with van der Waals surface area (Å²) >= 11 is 6.11. The van der Waals surface area contributed by atoms with Gasteiger partial charge in [0.05, 0.1) is 13.2 Å². The molecule has 1 heterocycles. The lowest BCUT2D eigenvalue weighted by atomic mass is 9.68. The van der Waals surface area contributed by atoms with Gasteiger partial charge in [-0.05, 0) is 62.1 Å². The van der Waals surface area contributed by atoms with E-state index in [0.29, 0.717) is 17.1 Å². The Morgan fingerprint density at radius 1 is 1.05 bits per heavy atom. The average molecular weight is 527 g/mol. The number of aromatic amines is 1. The summed E-state index contributed by atoms with van der Waals surface area (Å²) in [4.78, 5) is 43.8. The maximum absolute atomic E-state index is 13.6. The molecule has 196 valence electrons. The fraction of sp³-hybridized carbons (Fsp3) is 0.393. The Hall–Kier alpha value is -3.36. The minimum absolute atomic E-state index is 0.0391. The molecule has 0 spiro atoms. The molecule has 3 aromatic rings. The van der Waals surface area contributed by atoms with Crippen molar-refractivity contribution in [2.75, 3.05) is 26.9 Å². The molecule has 0 aliphatic heterocycles. The number of amides is 1. The molecule has 1 amide bonds. The Morgan fingerprint density at radius 3 is 2.43 bits per heavy atom. The number of aromatic nitrogens is 1. The van der Waals surface area contributed by atoms with Crippen LogP contribution in [0.2, 0.25) is 5.02 Å². The molecular formula is C28H31ClN2O6. The maximum atomic E-state index is 13.6. The van der Waals surface area contributed by atoms with Crippen LogP contribution < -0.4 is 5.32 Å². The molecule has 1 aliphatic rings. The molecule has 37 heavy (non-hydrogen) atoms. The molecule has 2 N–H and O–H groups in total. The Balaban J connectivity index is 1.78. The van der Waals surface area contributed by atoms with E-state index in [9.17, 15) is 14.4 Å². The van der Waals surface area contributed by atoms with E-state index >= 15 is 0 Å². The summed E-state index contributed by atoms with van der Waals surface area (Å²) in [5, 5.41) is 4.45. The van der Waals surface area contributed by atoms with Crippen LogP contribution >= 0.6 is 11.6 Å². The van der Waals surface area contributed by atoms with Gasteiger partial charge < -0.3 is 24.5 Å². The van der Waals surface area contributed by atoms with Crippen molar-refractivity contribution in [3.63, 3.8) is 0 Å². The molecule has 2 aromatic carbocycles. The Labute approximate surface area is 220 Å². The topological polar surface area (TPSA) is 107 Å². The van der Waals surface area contributed by atoms with Crippen molar-refractivity contribution < 1.29 is 28.6 Å². The zero-order valence-corrected chi connectivity index (χ0v) is 21.9. The van der Waals surface area contributed by atoms with Gasteiger partial charge in [0.1, 0.15) is 5.69 Å². The average Bonchev–Trinajstić information content (AvgIpc) is 3.46. The molecule has 0 unspecified atom stereocenters. The van der Waals surface area contributed by atoms with Crippen LogP contribution in [0.1, 0.15) is 47.8 Å². The Kier molecular flexibility index (Phi) is 8.19. The van der Waals surface area contributed by atoms with E-state index in [2.05, 4.69) is 10.3 Å². The first kappa shape index (κ1) is 26.7.